The number of nitrogens with one attached hydrogen (secondary N) is 1. The lowest BCUT2D eigenvalue weighted by Gasteiger charge is -2.30. The summed E-state index contributed by atoms with van der Waals surface area (Å²) in [6.45, 7) is 5.31. The zero-order chi connectivity index (χ0) is 15.9. The highest BCUT2D eigenvalue weighted by atomic mass is 16.4. The van der Waals surface area contributed by atoms with Crippen LogP contribution < -0.4 is 5.32 Å². The van der Waals surface area contributed by atoms with Crippen molar-refractivity contribution in [2.24, 2.45) is 0 Å². The molecule has 0 aromatic heterocycles. The number of hydrogen-bond acceptors (Lipinski definition) is 3. The van der Waals surface area contributed by atoms with Crippen LogP contribution in [0.1, 0.15) is 33.6 Å². The molecule has 0 fully saturated rings. The van der Waals surface area contributed by atoms with Gasteiger partial charge in [0, 0.05) is 20.6 Å². The summed E-state index contributed by atoms with van der Waals surface area (Å²) in [5, 5.41) is 11.7. The molecule has 0 radical (unpaired) electrons. The Kier molecular flexibility index (Phi) is 7.02. The van der Waals surface area contributed by atoms with E-state index in [1.54, 1.807) is 21.0 Å². The third-order valence-electron chi connectivity index (χ3n) is 3.10. The van der Waals surface area contributed by atoms with Gasteiger partial charge in [-0.25, -0.2) is 9.59 Å². The van der Waals surface area contributed by atoms with E-state index in [0.717, 1.165) is 0 Å². The Labute approximate surface area is 119 Å². The van der Waals surface area contributed by atoms with Crippen LogP contribution in [-0.4, -0.2) is 65.5 Å². The SMILES string of the molecule is CCCC(C)(NC(=O)N(CC)CC(=O)N(C)C)C(=O)O. The quantitative estimate of drug-likeness (QED) is 0.723. The minimum atomic E-state index is -1.32. The summed E-state index contributed by atoms with van der Waals surface area (Å²) in [5.74, 6) is -1.29. The molecule has 0 bridgehead atoms. The van der Waals surface area contributed by atoms with Crippen LogP contribution >= 0.6 is 0 Å². The van der Waals surface area contributed by atoms with Gasteiger partial charge in [-0.1, -0.05) is 13.3 Å². The van der Waals surface area contributed by atoms with Gasteiger partial charge in [0.1, 0.15) is 12.1 Å². The van der Waals surface area contributed by atoms with Crippen LogP contribution in [0.15, 0.2) is 0 Å². The van der Waals surface area contributed by atoms with Gasteiger partial charge < -0.3 is 20.2 Å². The van der Waals surface area contributed by atoms with Crippen molar-refractivity contribution in [1.29, 1.82) is 0 Å². The van der Waals surface area contributed by atoms with Crippen LogP contribution in [0.4, 0.5) is 4.79 Å². The number of hydrogen-bond donors (Lipinski definition) is 2. The van der Waals surface area contributed by atoms with E-state index in [1.165, 1.54) is 16.7 Å². The predicted molar refractivity (Wildman–Crippen MR) is 75.4 cm³/mol. The Bertz CT molecular complexity index is 371. The summed E-state index contributed by atoms with van der Waals surface area (Å²) < 4.78 is 0. The van der Waals surface area contributed by atoms with E-state index in [1.807, 2.05) is 6.92 Å². The third-order valence-corrected chi connectivity index (χ3v) is 3.10. The maximum absolute atomic E-state index is 12.1. The van der Waals surface area contributed by atoms with Gasteiger partial charge in [0.2, 0.25) is 5.91 Å². The van der Waals surface area contributed by atoms with Crippen molar-refractivity contribution in [1.82, 2.24) is 15.1 Å². The fourth-order valence-electron chi connectivity index (χ4n) is 1.67. The number of carboxylic acid groups (broad SMARTS) is 1. The molecule has 7 heteroatoms. The highest BCUT2D eigenvalue weighted by molar-refractivity contribution is 5.88. The minimum Gasteiger partial charge on any atom is -0.480 e. The van der Waals surface area contributed by atoms with E-state index in [0.29, 0.717) is 19.4 Å². The van der Waals surface area contributed by atoms with Crippen molar-refractivity contribution < 1.29 is 19.5 Å². The number of amides is 3. The van der Waals surface area contributed by atoms with E-state index in [9.17, 15) is 19.5 Å². The van der Waals surface area contributed by atoms with Crippen molar-refractivity contribution in [2.75, 3.05) is 27.2 Å². The Morgan fingerprint density at radius 3 is 2.10 bits per heavy atom. The summed E-state index contributed by atoms with van der Waals surface area (Å²) in [4.78, 5) is 37.7. The van der Waals surface area contributed by atoms with Crippen molar-refractivity contribution in [3.63, 3.8) is 0 Å². The molecule has 20 heavy (non-hydrogen) atoms. The number of carbonyl (C=O) groups is 3. The lowest BCUT2D eigenvalue weighted by Crippen LogP contribution is -2.57. The summed E-state index contributed by atoms with van der Waals surface area (Å²) in [6, 6.07) is -0.541. The van der Waals surface area contributed by atoms with Gasteiger partial charge in [-0.15, -0.1) is 0 Å². The number of nitrogens with zero attached hydrogens (tertiary/aromatic N) is 2. The predicted octanol–water partition coefficient (Wildman–Crippen LogP) is 0.750. The fourth-order valence-corrected chi connectivity index (χ4v) is 1.67. The van der Waals surface area contributed by atoms with Crippen molar-refractivity contribution >= 4 is 17.9 Å². The first-order chi connectivity index (χ1) is 9.17. The van der Waals surface area contributed by atoms with E-state index >= 15 is 0 Å². The molecule has 3 amide bonds. The second-order valence-electron chi connectivity index (χ2n) is 5.12. The van der Waals surface area contributed by atoms with Crippen LogP contribution in [0.25, 0.3) is 0 Å². The number of urea groups is 1. The van der Waals surface area contributed by atoms with Gasteiger partial charge >= 0.3 is 12.0 Å². The van der Waals surface area contributed by atoms with Crippen molar-refractivity contribution in [3.05, 3.63) is 0 Å². The van der Waals surface area contributed by atoms with E-state index < -0.39 is 17.5 Å². The van der Waals surface area contributed by atoms with Crippen molar-refractivity contribution in [2.45, 2.75) is 39.2 Å². The number of carboxylic acids is 1. The van der Waals surface area contributed by atoms with Crippen LogP contribution in [0.3, 0.4) is 0 Å². The molecule has 7 nitrogen and oxygen atoms in total. The van der Waals surface area contributed by atoms with Crippen LogP contribution in [0, 0.1) is 0 Å². The number of carbonyl (C=O) groups excluding carboxylic acids is 2. The van der Waals surface area contributed by atoms with Gasteiger partial charge in [-0.2, -0.15) is 0 Å². The number of aliphatic carboxylic acids is 1. The molecule has 2 N–H and O–H groups in total. The van der Waals surface area contributed by atoms with Gasteiger partial charge in [-0.3, -0.25) is 4.79 Å². The molecule has 0 aromatic rings. The molecule has 0 aromatic carbocycles. The zero-order valence-corrected chi connectivity index (χ0v) is 12.9. The maximum Gasteiger partial charge on any atom is 0.329 e. The average molecular weight is 287 g/mol. The smallest absolute Gasteiger partial charge is 0.329 e. The molecule has 1 atom stereocenters. The van der Waals surface area contributed by atoms with Gasteiger partial charge in [0.15, 0.2) is 0 Å². The van der Waals surface area contributed by atoms with Gasteiger partial charge in [0.05, 0.1) is 0 Å². The lowest BCUT2D eigenvalue weighted by molar-refractivity contribution is -0.144. The Morgan fingerprint density at radius 2 is 1.75 bits per heavy atom. The Hall–Kier alpha value is -1.79. The Morgan fingerprint density at radius 1 is 1.20 bits per heavy atom. The first-order valence-corrected chi connectivity index (χ1v) is 6.68. The summed E-state index contributed by atoms with van der Waals surface area (Å²) in [5.41, 5.74) is -1.32. The topological polar surface area (TPSA) is 90.0 Å². The second kappa shape index (κ2) is 7.72. The zero-order valence-electron chi connectivity index (χ0n) is 12.9. The van der Waals surface area contributed by atoms with Crippen molar-refractivity contribution in [3.8, 4) is 0 Å². The average Bonchev–Trinajstić information content (AvgIpc) is 2.35. The fraction of sp³-hybridized carbons (Fsp3) is 0.769. The molecule has 0 saturated carbocycles. The summed E-state index contributed by atoms with van der Waals surface area (Å²) in [7, 11) is 3.21. The molecule has 0 aliphatic rings. The molecule has 0 heterocycles. The molecular weight excluding hydrogens is 262 g/mol. The van der Waals surface area contributed by atoms with Gasteiger partial charge in [-0.05, 0) is 20.3 Å². The molecule has 0 spiro atoms. The van der Waals surface area contributed by atoms with Crippen LogP contribution in [0.2, 0.25) is 0 Å². The lowest BCUT2D eigenvalue weighted by atomic mass is 9.96. The molecule has 116 valence electrons. The summed E-state index contributed by atoms with van der Waals surface area (Å²) in [6.07, 6.45) is 0.957. The first-order valence-electron chi connectivity index (χ1n) is 6.68. The monoisotopic (exact) mass is 287 g/mol. The maximum atomic E-state index is 12.1. The Balaban J connectivity index is 4.84. The normalized spacial score (nSPS) is 13.2. The molecule has 0 aliphatic carbocycles. The van der Waals surface area contributed by atoms with Gasteiger partial charge in [0.25, 0.3) is 0 Å². The highest BCUT2D eigenvalue weighted by Crippen LogP contribution is 2.13. The van der Waals surface area contributed by atoms with Crippen LogP contribution in [-0.2, 0) is 9.59 Å². The minimum absolute atomic E-state index is 0.0723. The van der Waals surface area contributed by atoms with E-state index in [-0.39, 0.29) is 12.5 Å². The largest absolute Gasteiger partial charge is 0.480 e. The molecular formula is C13H25N3O4. The highest BCUT2D eigenvalue weighted by Gasteiger charge is 2.35. The van der Waals surface area contributed by atoms with Crippen LogP contribution in [0.5, 0.6) is 0 Å². The number of rotatable bonds is 7. The van der Waals surface area contributed by atoms with E-state index in [4.69, 9.17) is 0 Å². The summed E-state index contributed by atoms with van der Waals surface area (Å²) >= 11 is 0. The molecule has 0 aliphatic heterocycles. The second-order valence-corrected chi connectivity index (χ2v) is 5.12. The molecule has 0 rings (SSSR count). The number of likely N-dealkylation sites (N-methyl/N-ethyl adjacent to an activating group) is 2. The molecule has 1 unspecified atom stereocenters. The third kappa shape index (κ3) is 5.07. The molecule has 0 saturated heterocycles. The van der Waals surface area contributed by atoms with E-state index in [2.05, 4.69) is 5.32 Å². The first kappa shape index (κ1) is 18.2. The standard InChI is InChI=1S/C13H25N3O4/c1-6-8-13(3,11(18)19)14-12(20)16(7-2)9-10(17)15(4)5/h6-9H2,1-5H3,(H,14,20)(H,18,19).